The number of benzene rings is 1. The average Bonchev–Trinajstić information content (AvgIpc) is 3.31. The predicted octanol–water partition coefficient (Wildman–Crippen LogP) is 2.04. The summed E-state index contributed by atoms with van der Waals surface area (Å²) in [7, 11) is 1.72. The van der Waals surface area contributed by atoms with Crippen molar-refractivity contribution in [2.75, 3.05) is 0 Å². The van der Waals surface area contributed by atoms with Crippen molar-refractivity contribution in [3.8, 4) is 0 Å². The molecule has 7 nitrogen and oxygen atoms in total. The second-order valence-corrected chi connectivity index (χ2v) is 6.53. The lowest BCUT2D eigenvalue weighted by molar-refractivity contribution is 0.755. The molecule has 24 heavy (non-hydrogen) atoms. The third-order valence-electron chi connectivity index (χ3n) is 4.24. The number of hydrogen-bond acceptors (Lipinski definition) is 5. The molecule has 4 aromatic heterocycles. The lowest BCUT2D eigenvalue weighted by Gasteiger charge is -2.06. The van der Waals surface area contributed by atoms with Gasteiger partial charge >= 0.3 is 0 Å². The molecule has 5 rings (SSSR count). The number of imidazole rings is 1. The van der Waals surface area contributed by atoms with Crippen LogP contribution in [0.5, 0.6) is 0 Å². The van der Waals surface area contributed by atoms with Gasteiger partial charge in [-0.25, -0.2) is 4.98 Å². The molecule has 118 valence electrons. The molecule has 1 aromatic carbocycles. The number of fused-ring (bicyclic) bond motifs is 4. The normalized spacial score (nSPS) is 11.9. The highest BCUT2D eigenvalue weighted by molar-refractivity contribution is 7.17. The Morgan fingerprint density at radius 2 is 2.00 bits per heavy atom. The summed E-state index contributed by atoms with van der Waals surface area (Å²) in [6, 6.07) is 9.91. The number of para-hydroxylation sites is 2. The summed E-state index contributed by atoms with van der Waals surface area (Å²) in [6.07, 6.45) is 1.80. The summed E-state index contributed by atoms with van der Waals surface area (Å²) in [6.45, 7) is 0.533. The molecule has 0 aliphatic heterocycles. The van der Waals surface area contributed by atoms with E-state index in [1.807, 2.05) is 44.7 Å². The molecule has 0 atom stereocenters. The van der Waals surface area contributed by atoms with Crippen LogP contribution in [0.15, 0.2) is 46.8 Å². The first-order valence-corrected chi connectivity index (χ1v) is 8.32. The maximum Gasteiger partial charge on any atom is 0.272 e. The number of thiophene rings is 1. The van der Waals surface area contributed by atoms with Gasteiger partial charge < -0.3 is 4.57 Å². The van der Waals surface area contributed by atoms with Crippen molar-refractivity contribution >= 4 is 38.4 Å². The minimum absolute atomic E-state index is 0.0421. The molecule has 0 saturated carbocycles. The minimum Gasteiger partial charge on any atom is -0.323 e. The fourth-order valence-electron chi connectivity index (χ4n) is 3.04. The van der Waals surface area contributed by atoms with Crippen molar-refractivity contribution < 1.29 is 0 Å². The number of hydrogen-bond donors (Lipinski definition) is 0. The van der Waals surface area contributed by atoms with Crippen LogP contribution in [0.2, 0.25) is 0 Å². The lowest BCUT2D eigenvalue weighted by atomic mass is 10.3. The van der Waals surface area contributed by atoms with E-state index in [-0.39, 0.29) is 5.56 Å². The second kappa shape index (κ2) is 4.75. The monoisotopic (exact) mass is 336 g/mol. The topological polar surface area (TPSA) is 70.0 Å². The van der Waals surface area contributed by atoms with Gasteiger partial charge in [0.15, 0.2) is 5.82 Å². The smallest absolute Gasteiger partial charge is 0.272 e. The summed E-state index contributed by atoms with van der Waals surface area (Å²) < 4.78 is 6.24. The van der Waals surface area contributed by atoms with E-state index in [2.05, 4.69) is 15.2 Å². The Balaban J connectivity index is 1.77. The maximum atomic E-state index is 12.4. The minimum atomic E-state index is -0.0421. The molecule has 5 aromatic rings. The van der Waals surface area contributed by atoms with Crippen LogP contribution in [0.3, 0.4) is 0 Å². The van der Waals surface area contributed by atoms with Crippen LogP contribution in [-0.2, 0) is 13.6 Å². The molecule has 8 heteroatoms. The molecule has 0 fully saturated rings. The highest BCUT2D eigenvalue weighted by atomic mass is 32.1. The van der Waals surface area contributed by atoms with Gasteiger partial charge in [-0.3, -0.25) is 13.8 Å². The summed E-state index contributed by atoms with van der Waals surface area (Å²) in [4.78, 5) is 16.8. The third kappa shape index (κ3) is 1.71. The van der Waals surface area contributed by atoms with E-state index < -0.39 is 0 Å². The van der Waals surface area contributed by atoms with Crippen molar-refractivity contribution in [3.05, 3.63) is 58.2 Å². The molecule has 0 N–H and O–H groups in total. The summed E-state index contributed by atoms with van der Waals surface area (Å²) in [5, 5.41) is 10.5. The molecule has 4 heterocycles. The van der Waals surface area contributed by atoms with Crippen molar-refractivity contribution in [1.29, 1.82) is 0 Å². The fourth-order valence-corrected chi connectivity index (χ4v) is 3.89. The average molecular weight is 336 g/mol. The molecule has 0 spiro atoms. The van der Waals surface area contributed by atoms with Crippen LogP contribution >= 0.6 is 11.3 Å². The molecule has 0 aliphatic rings. The van der Waals surface area contributed by atoms with E-state index in [0.29, 0.717) is 17.0 Å². The first kappa shape index (κ1) is 13.4. The van der Waals surface area contributed by atoms with Gasteiger partial charge in [0, 0.05) is 7.05 Å². The number of rotatable bonds is 2. The van der Waals surface area contributed by atoms with E-state index in [4.69, 9.17) is 0 Å². The number of aryl methyl sites for hydroxylation is 1. The molecular formula is C16H12N6OS. The largest absolute Gasteiger partial charge is 0.323 e. The number of aromatic nitrogens is 6. The fraction of sp³-hybridized carbons (Fsp3) is 0.125. The zero-order chi connectivity index (χ0) is 16.3. The van der Waals surface area contributed by atoms with Crippen LogP contribution in [0.1, 0.15) is 5.82 Å². The molecule has 0 amide bonds. The summed E-state index contributed by atoms with van der Waals surface area (Å²) in [5.41, 5.74) is 2.79. The first-order valence-electron chi connectivity index (χ1n) is 7.44. The van der Waals surface area contributed by atoms with Crippen LogP contribution in [0.4, 0.5) is 0 Å². The van der Waals surface area contributed by atoms with Crippen molar-refractivity contribution in [3.63, 3.8) is 0 Å². The van der Waals surface area contributed by atoms with Crippen molar-refractivity contribution in [1.82, 2.24) is 28.7 Å². The van der Waals surface area contributed by atoms with Gasteiger partial charge in [-0.05, 0) is 23.6 Å². The van der Waals surface area contributed by atoms with E-state index in [0.717, 1.165) is 22.4 Å². The lowest BCUT2D eigenvalue weighted by Crippen LogP contribution is -2.19. The van der Waals surface area contributed by atoms with Gasteiger partial charge in [-0.1, -0.05) is 12.1 Å². The Bertz CT molecular complexity index is 1270. The van der Waals surface area contributed by atoms with Crippen LogP contribution in [-0.4, -0.2) is 28.7 Å². The maximum absolute atomic E-state index is 12.4. The Morgan fingerprint density at radius 3 is 2.92 bits per heavy atom. The Morgan fingerprint density at radius 1 is 1.12 bits per heavy atom. The van der Waals surface area contributed by atoms with Gasteiger partial charge in [-0.2, -0.15) is 0 Å². The van der Waals surface area contributed by atoms with Gasteiger partial charge in [0.1, 0.15) is 4.70 Å². The van der Waals surface area contributed by atoms with Gasteiger partial charge in [-0.15, -0.1) is 21.5 Å². The van der Waals surface area contributed by atoms with E-state index in [1.54, 1.807) is 17.9 Å². The zero-order valence-corrected chi connectivity index (χ0v) is 13.6. The molecular weight excluding hydrogens is 324 g/mol. The highest BCUT2D eigenvalue weighted by Crippen LogP contribution is 2.20. The Kier molecular flexibility index (Phi) is 2.66. The van der Waals surface area contributed by atoms with Crippen molar-refractivity contribution in [2.45, 2.75) is 6.54 Å². The third-order valence-corrected chi connectivity index (χ3v) is 5.13. The van der Waals surface area contributed by atoms with Crippen molar-refractivity contribution in [2.24, 2.45) is 7.05 Å². The predicted molar refractivity (Wildman–Crippen MR) is 92.4 cm³/mol. The standard InChI is InChI=1S/C16H12N6OS/c1-20-15(23)14-12(6-7-24-14)22-13(18-19-16(20)22)8-21-9-17-10-4-2-3-5-11(10)21/h2-7,9H,8H2,1H3. The summed E-state index contributed by atoms with van der Waals surface area (Å²) in [5.74, 6) is 1.32. The SMILES string of the molecule is Cn1c(=O)c2sccc2n2c(Cn3cnc4ccccc43)nnc12. The van der Waals surface area contributed by atoms with E-state index in [1.165, 1.54) is 11.3 Å². The van der Waals surface area contributed by atoms with Gasteiger partial charge in [0.2, 0.25) is 5.78 Å². The Hall–Kier alpha value is -3.00. The highest BCUT2D eigenvalue weighted by Gasteiger charge is 2.16. The zero-order valence-electron chi connectivity index (χ0n) is 12.7. The van der Waals surface area contributed by atoms with Crippen LogP contribution < -0.4 is 5.56 Å². The summed E-state index contributed by atoms with van der Waals surface area (Å²) >= 11 is 1.44. The second-order valence-electron chi connectivity index (χ2n) is 5.61. The molecule has 0 unspecified atom stereocenters. The molecule has 0 radical (unpaired) electrons. The van der Waals surface area contributed by atoms with E-state index >= 15 is 0 Å². The molecule has 0 saturated heterocycles. The van der Waals surface area contributed by atoms with Gasteiger partial charge in [0.05, 0.1) is 29.4 Å². The molecule has 0 bridgehead atoms. The van der Waals surface area contributed by atoms with Crippen LogP contribution in [0, 0.1) is 0 Å². The quantitative estimate of drug-likeness (QED) is 0.495. The molecule has 0 aliphatic carbocycles. The Labute approximate surface area is 139 Å². The van der Waals surface area contributed by atoms with Gasteiger partial charge in [0.25, 0.3) is 5.56 Å². The first-order chi connectivity index (χ1) is 11.7. The van der Waals surface area contributed by atoms with Crippen LogP contribution in [0.25, 0.3) is 27.0 Å². The number of nitrogens with zero attached hydrogens (tertiary/aromatic N) is 6. The van der Waals surface area contributed by atoms with E-state index in [9.17, 15) is 4.79 Å².